The fraction of sp³-hybridized carbons (Fsp3) is 0.205. The van der Waals surface area contributed by atoms with Crippen LogP contribution in [-0.2, 0) is 20.1 Å². The van der Waals surface area contributed by atoms with E-state index in [1.807, 2.05) is 24.5 Å². The van der Waals surface area contributed by atoms with E-state index in [1.54, 1.807) is 18.5 Å². The van der Waals surface area contributed by atoms with E-state index in [0.29, 0.717) is 17.4 Å². The number of nitrogens with zero attached hydrogens (tertiary/aromatic N) is 7. The zero-order chi connectivity index (χ0) is 33.4. The smallest absolute Gasteiger partial charge is 0.169 e. The third kappa shape index (κ3) is 6.49. The fourth-order valence-corrected chi connectivity index (χ4v) is 6.10. The van der Waals surface area contributed by atoms with Gasteiger partial charge in [-0.1, -0.05) is 64.1 Å². The van der Waals surface area contributed by atoms with E-state index >= 15 is 0 Å². The molecule has 0 spiro atoms. The molecular formula is C39H35IrN7O2-2. The second kappa shape index (κ2) is 14.1. The maximum atomic E-state index is 5.32. The molecule has 9 nitrogen and oxygen atoms in total. The van der Waals surface area contributed by atoms with Gasteiger partial charge in [0.25, 0.3) is 0 Å². The Morgan fingerprint density at radius 2 is 1.22 bits per heavy atom. The number of oxazole rings is 2. The van der Waals surface area contributed by atoms with Crippen molar-refractivity contribution >= 4 is 22.2 Å². The maximum absolute atomic E-state index is 5.32. The van der Waals surface area contributed by atoms with Gasteiger partial charge in [0.15, 0.2) is 12.8 Å². The van der Waals surface area contributed by atoms with Crippen molar-refractivity contribution in [1.82, 2.24) is 34.3 Å². The summed E-state index contributed by atoms with van der Waals surface area (Å²) < 4.78 is 14.8. The van der Waals surface area contributed by atoms with E-state index in [-0.39, 0.29) is 20.1 Å². The Kier molecular flexibility index (Phi) is 9.72. The summed E-state index contributed by atoms with van der Waals surface area (Å²) in [4.78, 5) is 13.0. The number of aromatic nitrogens is 7. The van der Waals surface area contributed by atoms with Crippen LogP contribution in [0, 0.1) is 26.0 Å². The summed E-state index contributed by atoms with van der Waals surface area (Å²) >= 11 is 0. The molecule has 0 saturated carbocycles. The predicted octanol–water partition coefficient (Wildman–Crippen LogP) is 9.22. The molecule has 8 aromatic rings. The first-order chi connectivity index (χ1) is 23.3. The molecule has 0 bridgehead atoms. The Hall–Kier alpha value is -5.18. The molecule has 0 fully saturated rings. The number of aryl methyl sites for hydroxylation is 2. The Bertz CT molecular complexity index is 2320. The summed E-state index contributed by atoms with van der Waals surface area (Å²) in [7, 11) is 0. The van der Waals surface area contributed by atoms with Gasteiger partial charge < -0.3 is 18.0 Å². The Morgan fingerprint density at radius 3 is 1.80 bits per heavy atom. The zero-order valence-electron chi connectivity index (χ0n) is 28.1. The van der Waals surface area contributed by atoms with E-state index < -0.39 is 0 Å². The second-order valence-electron chi connectivity index (χ2n) is 12.4. The van der Waals surface area contributed by atoms with Gasteiger partial charge in [-0.25, -0.2) is 9.97 Å². The fourth-order valence-electron chi connectivity index (χ4n) is 6.10. The molecule has 0 aliphatic rings. The number of hydrogen-bond donors (Lipinski definition) is 0. The van der Waals surface area contributed by atoms with Crippen LogP contribution in [0.4, 0.5) is 0 Å². The van der Waals surface area contributed by atoms with Gasteiger partial charge in [-0.3, -0.25) is 4.98 Å². The summed E-state index contributed by atoms with van der Waals surface area (Å²) in [5.41, 5.74) is 12.1. The molecule has 49 heavy (non-hydrogen) atoms. The largest absolute Gasteiger partial charge is 0.490 e. The summed E-state index contributed by atoms with van der Waals surface area (Å²) in [6.07, 6.45) is 8.45. The summed E-state index contributed by atoms with van der Waals surface area (Å²) in [6, 6.07) is 26.8. The Balaban J connectivity index is 0.000000169. The monoisotopic (exact) mass is 826 g/mol. The second-order valence-corrected chi connectivity index (χ2v) is 12.4. The van der Waals surface area contributed by atoms with Crippen molar-refractivity contribution in [2.45, 2.75) is 53.4 Å². The van der Waals surface area contributed by atoms with Gasteiger partial charge in [0.05, 0.1) is 22.8 Å². The molecule has 0 atom stereocenters. The third-order valence-electron chi connectivity index (χ3n) is 8.46. The van der Waals surface area contributed by atoms with Gasteiger partial charge in [0.1, 0.15) is 6.33 Å². The summed E-state index contributed by atoms with van der Waals surface area (Å²) in [5.74, 6) is 2.38. The van der Waals surface area contributed by atoms with Gasteiger partial charge in [0.2, 0.25) is 0 Å². The third-order valence-corrected chi connectivity index (χ3v) is 8.46. The molecule has 4 aromatic heterocycles. The van der Waals surface area contributed by atoms with Crippen molar-refractivity contribution < 1.29 is 28.9 Å². The molecule has 249 valence electrons. The van der Waals surface area contributed by atoms with Gasteiger partial charge in [-0.2, -0.15) is 5.10 Å². The van der Waals surface area contributed by atoms with Gasteiger partial charge in [0, 0.05) is 54.9 Å². The molecule has 0 unspecified atom stereocenters. The molecule has 4 heterocycles. The maximum Gasteiger partial charge on any atom is 0.169 e. The van der Waals surface area contributed by atoms with Crippen LogP contribution >= 0.6 is 0 Å². The molecule has 8 rings (SSSR count). The van der Waals surface area contributed by atoms with Crippen molar-refractivity contribution in [2.75, 3.05) is 0 Å². The van der Waals surface area contributed by atoms with Crippen molar-refractivity contribution in [1.29, 1.82) is 0 Å². The van der Waals surface area contributed by atoms with Crippen LogP contribution in [0.2, 0.25) is 0 Å². The molecule has 0 aliphatic carbocycles. The van der Waals surface area contributed by atoms with Crippen molar-refractivity contribution in [3.8, 4) is 34.2 Å². The number of imidazole rings is 1. The van der Waals surface area contributed by atoms with Crippen LogP contribution in [-0.4, -0.2) is 34.3 Å². The van der Waals surface area contributed by atoms with Gasteiger partial charge in [-0.05, 0) is 47.9 Å². The minimum atomic E-state index is 0. The van der Waals surface area contributed by atoms with Crippen molar-refractivity contribution in [2.24, 2.45) is 0 Å². The van der Waals surface area contributed by atoms with Crippen molar-refractivity contribution in [3.05, 3.63) is 127 Å². The van der Waals surface area contributed by atoms with Crippen LogP contribution in [0.5, 0.6) is 0 Å². The topological polar surface area (TPSA) is 101 Å². The van der Waals surface area contributed by atoms with E-state index in [0.717, 1.165) is 50.8 Å². The van der Waals surface area contributed by atoms with Gasteiger partial charge >= 0.3 is 0 Å². The average molecular weight is 826 g/mol. The molecular weight excluding hydrogens is 791 g/mol. The minimum absolute atomic E-state index is 0. The molecule has 0 saturated heterocycles. The summed E-state index contributed by atoms with van der Waals surface area (Å²) in [5, 5.41) is 8.57. The van der Waals surface area contributed by atoms with Crippen LogP contribution in [0.3, 0.4) is 0 Å². The number of hydrogen-bond acceptors (Lipinski definition) is 7. The van der Waals surface area contributed by atoms with Crippen molar-refractivity contribution in [3.63, 3.8) is 0 Å². The van der Waals surface area contributed by atoms with E-state index in [1.165, 1.54) is 35.0 Å². The number of para-hydroxylation sites is 2. The first-order valence-corrected chi connectivity index (χ1v) is 15.9. The van der Waals surface area contributed by atoms with E-state index in [9.17, 15) is 0 Å². The minimum Gasteiger partial charge on any atom is -0.490 e. The molecule has 0 aliphatic heterocycles. The first kappa shape index (κ1) is 33.7. The van der Waals surface area contributed by atoms with Crippen LogP contribution in [0.15, 0.2) is 101 Å². The Morgan fingerprint density at radius 1 is 0.673 bits per heavy atom. The van der Waals surface area contributed by atoms with Crippen LogP contribution in [0.1, 0.15) is 61.8 Å². The number of benzene rings is 4. The van der Waals surface area contributed by atoms with E-state index in [4.69, 9.17) is 8.83 Å². The molecule has 10 heteroatoms. The van der Waals surface area contributed by atoms with E-state index in [2.05, 4.69) is 124 Å². The standard InChI is InChI=1S/C21H21N4O.C18H14N3O.Ir/c1-13(2)16-6-5-7-17(14(3)4)20(16)25-11-23-24-21(25)15-8-9-19-18(10-15)22-12-26-19;1-12-4-3-5-13(2)17(12)21-9-8-19-18(21)14-6-7-16-15(10-14)20-11-22-16;/h5-7,9-14H,1-4H3;3-5,7-11H,1-2H3;/q2*-1;. The predicted molar refractivity (Wildman–Crippen MR) is 186 cm³/mol. The number of fused-ring (bicyclic) bond motifs is 2. The summed E-state index contributed by atoms with van der Waals surface area (Å²) in [6.45, 7) is 13.1. The average Bonchev–Trinajstić information content (AvgIpc) is 3.91. The van der Waals surface area contributed by atoms with Crippen LogP contribution < -0.4 is 0 Å². The first-order valence-electron chi connectivity index (χ1n) is 15.9. The quantitative estimate of drug-likeness (QED) is 0.154. The zero-order valence-corrected chi connectivity index (χ0v) is 30.5. The number of rotatable bonds is 6. The normalized spacial score (nSPS) is 11.3. The van der Waals surface area contributed by atoms with Gasteiger partial charge in [-0.15, -0.1) is 52.6 Å². The molecule has 4 aromatic carbocycles. The molecule has 0 N–H and O–H groups in total. The SMILES string of the molecule is CC(C)c1cccc(C(C)C)c1-n1cnnc1-c1[c-]cc2ocnc2c1.Cc1cccc(C)c1-n1ccnc1-c1[c-]cc2ocnc2c1.[Ir]. The van der Waals surface area contributed by atoms with Crippen LogP contribution in [0.25, 0.3) is 56.3 Å². The Labute approximate surface area is 298 Å². The molecule has 1 radical (unpaired) electrons. The molecule has 0 amide bonds.